The van der Waals surface area contributed by atoms with Gasteiger partial charge in [0.1, 0.15) is 5.60 Å². The van der Waals surface area contributed by atoms with Crippen LogP contribution in [0.5, 0.6) is 0 Å². The molecule has 2 atom stereocenters. The van der Waals surface area contributed by atoms with Gasteiger partial charge in [-0.25, -0.2) is 4.79 Å². The minimum Gasteiger partial charge on any atom is -0.444 e. The van der Waals surface area contributed by atoms with Crippen LogP contribution in [0.25, 0.3) is 0 Å². The molecule has 2 unspecified atom stereocenters. The first-order valence-corrected chi connectivity index (χ1v) is 8.14. The van der Waals surface area contributed by atoms with E-state index in [0.29, 0.717) is 18.6 Å². The Balaban J connectivity index is 2.22. The zero-order valence-electron chi connectivity index (χ0n) is 14.6. The summed E-state index contributed by atoms with van der Waals surface area (Å²) in [6.45, 7) is 13.5. The van der Waals surface area contributed by atoms with Crippen molar-refractivity contribution in [2.75, 3.05) is 33.2 Å². The molecular formula is C16H33N3O2. The zero-order chi connectivity index (χ0) is 16.0. The molecule has 0 aromatic heterocycles. The molecule has 0 aromatic rings. The van der Waals surface area contributed by atoms with E-state index in [1.54, 1.807) is 4.90 Å². The Bertz CT molecular complexity index is 318. The highest BCUT2D eigenvalue weighted by atomic mass is 16.6. The maximum Gasteiger partial charge on any atom is 0.410 e. The van der Waals surface area contributed by atoms with Crippen molar-refractivity contribution in [3.05, 3.63) is 0 Å². The van der Waals surface area contributed by atoms with Crippen molar-refractivity contribution < 1.29 is 9.53 Å². The average molecular weight is 299 g/mol. The standard InChI is InChI=1S/C16H33N3O2/c1-7-19(15(20)21-16(3,4)5)10-8-9-17-14-11-13(2)18(6)12-14/h13-14,17H,7-12H2,1-6H3. The molecule has 1 fully saturated rings. The Kier molecular flexibility index (Phi) is 6.94. The van der Waals surface area contributed by atoms with Crippen molar-refractivity contribution >= 4 is 6.09 Å². The molecule has 1 saturated heterocycles. The van der Waals surface area contributed by atoms with Gasteiger partial charge in [0, 0.05) is 31.7 Å². The van der Waals surface area contributed by atoms with Crippen molar-refractivity contribution in [3.8, 4) is 0 Å². The third-order valence-corrected chi connectivity index (χ3v) is 3.96. The number of hydrogen-bond donors (Lipinski definition) is 1. The van der Waals surface area contributed by atoms with Crippen molar-refractivity contribution in [2.45, 2.75) is 65.1 Å². The van der Waals surface area contributed by atoms with Gasteiger partial charge in [-0.3, -0.25) is 0 Å². The average Bonchev–Trinajstić information content (AvgIpc) is 2.66. The monoisotopic (exact) mass is 299 g/mol. The van der Waals surface area contributed by atoms with Gasteiger partial charge < -0.3 is 19.9 Å². The van der Waals surface area contributed by atoms with Gasteiger partial charge >= 0.3 is 6.09 Å². The van der Waals surface area contributed by atoms with E-state index >= 15 is 0 Å². The van der Waals surface area contributed by atoms with Crippen molar-refractivity contribution in [2.24, 2.45) is 0 Å². The van der Waals surface area contributed by atoms with Crippen molar-refractivity contribution in [3.63, 3.8) is 0 Å². The van der Waals surface area contributed by atoms with Gasteiger partial charge in [-0.15, -0.1) is 0 Å². The summed E-state index contributed by atoms with van der Waals surface area (Å²) in [5.41, 5.74) is -0.423. The minimum atomic E-state index is -0.423. The maximum atomic E-state index is 12.0. The van der Waals surface area contributed by atoms with E-state index in [9.17, 15) is 4.79 Å². The second kappa shape index (κ2) is 7.99. The molecule has 0 aliphatic carbocycles. The number of nitrogens with zero attached hydrogens (tertiary/aromatic N) is 2. The number of carbonyl (C=O) groups excluding carboxylic acids is 1. The summed E-state index contributed by atoms with van der Waals surface area (Å²) >= 11 is 0. The second-order valence-electron chi connectivity index (χ2n) is 7.09. The quantitative estimate of drug-likeness (QED) is 0.765. The predicted molar refractivity (Wildman–Crippen MR) is 86.6 cm³/mol. The first-order valence-electron chi connectivity index (χ1n) is 8.14. The number of hydrogen-bond acceptors (Lipinski definition) is 4. The van der Waals surface area contributed by atoms with Crippen LogP contribution >= 0.6 is 0 Å². The lowest BCUT2D eigenvalue weighted by atomic mass is 10.2. The molecule has 1 aliphatic heterocycles. The summed E-state index contributed by atoms with van der Waals surface area (Å²) in [5, 5.41) is 3.59. The predicted octanol–water partition coefficient (Wildman–Crippen LogP) is 2.32. The van der Waals surface area contributed by atoms with Crippen molar-refractivity contribution in [1.82, 2.24) is 15.1 Å². The minimum absolute atomic E-state index is 0.209. The second-order valence-corrected chi connectivity index (χ2v) is 7.09. The van der Waals surface area contributed by atoms with Gasteiger partial charge in [-0.2, -0.15) is 0 Å². The molecule has 0 saturated carbocycles. The lowest BCUT2D eigenvalue weighted by Crippen LogP contribution is -2.39. The summed E-state index contributed by atoms with van der Waals surface area (Å²) in [6, 6.07) is 1.25. The fourth-order valence-corrected chi connectivity index (χ4v) is 2.62. The van der Waals surface area contributed by atoms with Crippen LogP contribution in [0.1, 0.15) is 47.5 Å². The number of amides is 1. The highest BCUT2D eigenvalue weighted by Gasteiger charge is 2.25. The van der Waals surface area contributed by atoms with Crippen LogP contribution < -0.4 is 5.32 Å². The number of ether oxygens (including phenoxy) is 1. The molecule has 5 heteroatoms. The highest BCUT2D eigenvalue weighted by Crippen LogP contribution is 2.14. The van der Waals surface area contributed by atoms with E-state index in [-0.39, 0.29) is 6.09 Å². The van der Waals surface area contributed by atoms with Gasteiger partial charge in [0.15, 0.2) is 0 Å². The Morgan fingerprint density at radius 3 is 2.57 bits per heavy atom. The molecule has 1 aliphatic rings. The first-order chi connectivity index (χ1) is 9.73. The van der Waals surface area contributed by atoms with Gasteiger partial charge in [0.25, 0.3) is 0 Å². The molecule has 1 rings (SSSR count). The van der Waals surface area contributed by atoms with Gasteiger partial charge in [-0.1, -0.05) is 0 Å². The van der Waals surface area contributed by atoms with E-state index in [4.69, 9.17) is 4.74 Å². The lowest BCUT2D eigenvalue weighted by molar-refractivity contribution is 0.0258. The largest absolute Gasteiger partial charge is 0.444 e. The van der Waals surface area contributed by atoms with Crippen LogP contribution in [0.2, 0.25) is 0 Å². The molecule has 1 N–H and O–H groups in total. The van der Waals surface area contributed by atoms with E-state index in [0.717, 1.165) is 26.1 Å². The Hall–Kier alpha value is -0.810. The van der Waals surface area contributed by atoms with Gasteiger partial charge in [0.2, 0.25) is 0 Å². The van der Waals surface area contributed by atoms with Crippen molar-refractivity contribution in [1.29, 1.82) is 0 Å². The van der Waals surface area contributed by atoms with Crippen LogP contribution in [0.3, 0.4) is 0 Å². The molecule has 0 aromatic carbocycles. The molecule has 0 radical (unpaired) electrons. The first kappa shape index (κ1) is 18.2. The molecule has 5 nitrogen and oxygen atoms in total. The number of likely N-dealkylation sites (tertiary alicyclic amines) is 1. The van der Waals surface area contributed by atoms with Crippen LogP contribution in [-0.2, 0) is 4.74 Å². The highest BCUT2D eigenvalue weighted by molar-refractivity contribution is 5.68. The summed E-state index contributed by atoms with van der Waals surface area (Å²) in [4.78, 5) is 16.2. The third-order valence-electron chi connectivity index (χ3n) is 3.96. The lowest BCUT2D eigenvalue weighted by Gasteiger charge is -2.26. The van der Waals surface area contributed by atoms with E-state index in [1.165, 1.54) is 6.42 Å². The number of carbonyl (C=O) groups is 1. The van der Waals surface area contributed by atoms with Gasteiger partial charge in [-0.05, 0) is 61.1 Å². The van der Waals surface area contributed by atoms with E-state index in [2.05, 4.69) is 24.2 Å². The van der Waals surface area contributed by atoms with Crippen LogP contribution in [0.15, 0.2) is 0 Å². The third kappa shape index (κ3) is 6.66. The molecule has 0 spiro atoms. The summed E-state index contributed by atoms with van der Waals surface area (Å²) in [5.74, 6) is 0. The topological polar surface area (TPSA) is 44.8 Å². The zero-order valence-corrected chi connectivity index (χ0v) is 14.6. The molecular weight excluding hydrogens is 266 g/mol. The van der Waals surface area contributed by atoms with Crippen LogP contribution in [-0.4, -0.2) is 66.8 Å². The normalized spacial score (nSPS) is 23.3. The molecule has 21 heavy (non-hydrogen) atoms. The fourth-order valence-electron chi connectivity index (χ4n) is 2.62. The number of likely N-dealkylation sites (N-methyl/N-ethyl adjacent to an activating group) is 1. The summed E-state index contributed by atoms with van der Waals surface area (Å²) in [6.07, 6.45) is 1.96. The Labute approximate surface area is 130 Å². The fraction of sp³-hybridized carbons (Fsp3) is 0.938. The smallest absolute Gasteiger partial charge is 0.410 e. The summed E-state index contributed by atoms with van der Waals surface area (Å²) < 4.78 is 5.41. The number of rotatable bonds is 6. The van der Waals surface area contributed by atoms with Crippen LogP contribution in [0, 0.1) is 0 Å². The maximum absolute atomic E-state index is 12.0. The van der Waals surface area contributed by atoms with E-state index < -0.39 is 5.60 Å². The Morgan fingerprint density at radius 2 is 2.10 bits per heavy atom. The number of nitrogens with one attached hydrogen (secondary N) is 1. The molecule has 1 amide bonds. The van der Waals surface area contributed by atoms with Crippen LogP contribution in [0.4, 0.5) is 4.79 Å². The molecule has 1 heterocycles. The Morgan fingerprint density at radius 1 is 1.43 bits per heavy atom. The molecule has 124 valence electrons. The van der Waals surface area contributed by atoms with E-state index in [1.807, 2.05) is 27.7 Å². The molecule has 0 bridgehead atoms. The SMILES string of the molecule is CCN(CCCNC1CC(C)N(C)C1)C(=O)OC(C)(C)C. The van der Waals surface area contributed by atoms with Gasteiger partial charge in [0.05, 0.1) is 0 Å². The summed E-state index contributed by atoms with van der Waals surface area (Å²) in [7, 11) is 2.17.